The molecule has 8 heteroatoms. The number of halogens is 2. The van der Waals surface area contributed by atoms with Crippen LogP contribution in [0.25, 0.3) is 11.1 Å². The van der Waals surface area contributed by atoms with E-state index in [9.17, 15) is 17.2 Å². The highest BCUT2D eigenvalue weighted by Gasteiger charge is 2.19. The van der Waals surface area contributed by atoms with Gasteiger partial charge in [-0.3, -0.25) is 0 Å². The SMILES string of the molecule is CS(=O)(=O)c1ccc(-c2ccc(OC(c3ccc(F)cc3)c3cscn3)cc2F)cc1. The van der Waals surface area contributed by atoms with E-state index in [-0.39, 0.29) is 16.5 Å². The number of thiazole rings is 1. The van der Waals surface area contributed by atoms with Gasteiger partial charge >= 0.3 is 0 Å². The minimum atomic E-state index is -3.33. The molecule has 0 saturated carbocycles. The summed E-state index contributed by atoms with van der Waals surface area (Å²) >= 11 is 1.40. The first-order valence-electron chi connectivity index (χ1n) is 9.21. The van der Waals surface area contributed by atoms with E-state index in [1.54, 1.807) is 41.9 Å². The van der Waals surface area contributed by atoms with Crippen LogP contribution in [0, 0.1) is 11.6 Å². The molecule has 158 valence electrons. The van der Waals surface area contributed by atoms with Crippen molar-refractivity contribution in [2.24, 2.45) is 0 Å². The lowest BCUT2D eigenvalue weighted by Gasteiger charge is -2.18. The number of benzene rings is 3. The predicted molar refractivity (Wildman–Crippen MR) is 116 cm³/mol. The molecule has 0 radical (unpaired) electrons. The van der Waals surface area contributed by atoms with Crippen LogP contribution in [0.15, 0.2) is 82.5 Å². The molecule has 4 aromatic rings. The fraction of sp³-hybridized carbons (Fsp3) is 0.0870. The molecule has 0 N–H and O–H groups in total. The second-order valence-electron chi connectivity index (χ2n) is 6.90. The number of hydrogen-bond acceptors (Lipinski definition) is 5. The van der Waals surface area contributed by atoms with E-state index < -0.39 is 21.8 Å². The first-order valence-corrected chi connectivity index (χ1v) is 12.0. The summed E-state index contributed by atoms with van der Waals surface area (Å²) in [7, 11) is -3.33. The molecule has 0 fully saturated rings. The quantitative estimate of drug-likeness (QED) is 0.375. The highest BCUT2D eigenvalue weighted by molar-refractivity contribution is 7.90. The van der Waals surface area contributed by atoms with Gasteiger partial charge in [0.25, 0.3) is 0 Å². The van der Waals surface area contributed by atoms with Crippen LogP contribution >= 0.6 is 11.3 Å². The molecule has 0 amide bonds. The number of ether oxygens (including phenoxy) is 1. The van der Waals surface area contributed by atoms with Gasteiger partial charge in [0.2, 0.25) is 0 Å². The van der Waals surface area contributed by atoms with Gasteiger partial charge in [0.05, 0.1) is 16.1 Å². The lowest BCUT2D eigenvalue weighted by molar-refractivity contribution is 0.242. The standard InChI is InChI=1S/C23H17F2NO3S2/c1-31(27,28)19-9-4-15(5-10-19)20-11-8-18(12-21(20)25)29-23(22-13-30-14-26-22)16-2-6-17(24)7-3-16/h2-14,23H,1H3. The van der Waals surface area contributed by atoms with Crippen molar-refractivity contribution in [3.05, 3.63) is 101 Å². The van der Waals surface area contributed by atoms with E-state index in [0.717, 1.165) is 6.26 Å². The molecule has 0 saturated heterocycles. The van der Waals surface area contributed by atoms with Crippen LogP contribution in [0.4, 0.5) is 8.78 Å². The van der Waals surface area contributed by atoms with Crippen molar-refractivity contribution in [2.45, 2.75) is 11.0 Å². The summed E-state index contributed by atoms with van der Waals surface area (Å²) in [5.41, 5.74) is 3.86. The van der Waals surface area contributed by atoms with E-state index in [4.69, 9.17) is 4.74 Å². The average molecular weight is 458 g/mol. The Morgan fingerprint density at radius 3 is 2.26 bits per heavy atom. The van der Waals surface area contributed by atoms with Crippen LogP contribution in [0.1, 0.15) is 17.4 Å². The van der Waals surface area contributed by atoms with E-state index in [1.807, 2.05) is 5.38 Å². The third kappa shape index (κ3) is 4.81. The molecule has 0 aliphatic heterocycles. The number of sulfone groups is 1. The number of hydrogen-bond donors (Lipinski definition) is 0. The third-order valence-electron chi connectivity index (χ3n) is 4.68. The van der Waals surface area contributed by atoms with Crippen LogP contribution in [0.5, 0.6) is 5.75 Å². The fourth-order valence-corrected chi connectivity index (χ4v) is 4.31. The summed E-state index contributed by atoms with van der Waals surface area (Å²) in [5.74, 6) is -0.588. The molecule has 1 atom stereocenters. The maximum atomic E-state index is 14.9. The van der Waals surface area contributed by atoms with Gasteiger partial charge in [0.1, 0.15) is 17.4 Å². The zero-order valence-electron chi connectivity index (χ0n) is 16.3. The Hall–Kier alpha value is -3.10. The third-order valence-corrected chi connectivity index (χ3v) is 6.41. The molecule has 3 aromatic carbocycles. The average Bonchev–Trinajstić information content (AvgIpc) is 3.27. The van der Waals surface area contributed by atoms with Crippen molar-refractivity contribution in [2.75, 3.05) is 6.26 Å². The predicted octanol–water partition coefficient (Wildman–Crippen LogP) is 5.66. The molecule has 1 heterocycles. The van der Waals surface area contributed by atoms with E-state index in [1.165, 1.54) is 41.7 Å². The molecular formula is C23H17F2NO3S2. The topological polar surface area (TPSA) is 56.3 Å². The minimum Gasteiger partial charge on any atom is -0.479 e. The molecular weight excluding hydrogens is 440 g/mol. The number of nitrogens with zero attached hydrogens (tertiary/aromatic N) is 1. The second kappa shape index (κ2) is 8.56. The highest BCUT2D eigenvalue weighted by atomic mass is 32.2. The summed E-state index contributed by atoms with van der Waals surface area (Å²) in [6.45, 7) is 0. The van der Waals surface area contributed by atoms with Crippen molar-refractivity contribution >= 4 is 21.2 Å². The molecule has 31 heavy (non-hydrogen) atoms. The van der Waals surface area contributed by atoms with Gasteiger partial charge in [-0.05, 0) is 47.5 Å². The Morgan fingerprint density at radius 2 is 1.68 bits per heavy atom. The number of rotatable bonds is 6. The molecule has 4 rings (SSSR count). The Balaban J connectivity index is 1.63. The molecule has 1 unspecified atom stereocenters. The van der Waals surface area contributed by atoms with Crippen LogP contribution in [-0.2, 0) is 9.84 Å². The lowest BCUT2D eigenvalue weighted by Crippen LogP contribution is -2.10. The Bertz CT molecular complexity index is 1290. The molecule has 0 spiro atoms. The van der Waals surface area contributed by atoms with Gasteiger partial charge in [-0.15, -0.1) is 11.3 Å². The highest BCUT2D eigenvalue weighted by Crippen LogP contribution is 2.32. The Morgan fingerprint density at radius 1 is 0.968 bits per heavy atom. The van der Waals surface area contributed by atoms with E-state index in [2.05, 4.69) is 4.98 Å². The van der Waals surface area contributed by atoms with Crippen LogP contribution in [-0.4, -0.2) is 19.7 Å². The van der Waals surface area contributed by atoms with E-state index in [0.29, 0.717) is 22.4 Å². The van der Waals surface area contributed by atoms with Crippen molar-refractivity contribution in [3.63, 3.8) is 0 Å². The van der Waals surface area contributed by atoms with Crippen molar-refractivity contribution < 1.29 is 21.9 Å². The maximum absolute atomic E-state index is 14.9. The van der Waals surface area contributed by atoms with Crippen LogP contribution in [0.3, 0.4) is 0 Å². The first-order chi connectivity index (χ1) is 14.8. The maximum Gasteiger partial charge on any atom is 0.175 e. The molecule has 1 aromatic heterocycles. The van der Waals surface area contributed by atoms with Gasteiger partial charge in [-0.1, -0.05) is 24.3 Å². The smallest absolute Gasteiger partial charge is 0.175 e. The van der Waals surface area contributed by atoms with Gasteiger partial charge in [0.15, 0.2) is 15.9 Å². The van der Waals surface area contributed by atoms with Gasteiger partial charge < -0.3 is 4.74 Å². The first kappa shape index (κ1) is 21.1. The largest absolute Gasteiger partial charge is 0.479 e. The zero-order valence-corrected chi connectivity index (χ0v) is 18.0. The molecule has 0 aliphatic rings. The summed E-state index contributed by atoms with van der Waals surface area (Å²) < 4.78 is 57.4. The Labute approximate surface area is 182 Å². The summed E-state index contributed by atoms with van der Waals surface area (Å²) in [5, 5.41) is 1.82. The van der Waals surface area contributed by atoms with Gasteiger partial charge in [0, 0.05) is 23.3 Å². The van der Waals surface area contributed by atoms with Crippen molar-refractivity contribution in [1.29, 1.82) is 0 Å². The molecule has 4 nitrogen and oxygen atoms in total. The van der Waals surface area contributed by atoms with Crippen LogP contribution in [0.2, 0.25) is 0 Å². The lowest BCUT2D eigenvalue weighted by atomic mass is 10.0. The van der Waals surface area contributed by atoms with Gasteiger partial charge in [-0.25, -0.2) is 22.2 Å². The monoisotopic (exact) mass is 457 g/mol. The van der Waals surface area contributed by atoms with Crippen molar-refractivity contribution in [1.82, 2.24) is 4.98 Å². The molecule has 0 bridgehead atoms. The Kier molecular flexibility index (Phi) is 5.84. The van der Waals surface area contributed by atoms with E-state index >= 15 is 0 Å². The normalized spacial score (nSPS) is 12.5. The summed E-state index contributed by atoms with van der Waals surface area (Å²) in [4.78, 5) is 4.45. The zero-order chi connectivity index (χ0) is 22.0. The minimum absolute atomic E-state index is 0.169. The molecule has 0 aliphatic carbocycles. The summed E-state index contributed by atoms with van der Waals surface area (Å²) in [6, 6.07) is 16.4. The summed E-state index contributed by atoms with van der Waals surface area (Å²) in [6.07, 6.45) is 0.500. The van der Waals surface area contributed by atoms with Gasteiger partial charge in [-0.2, -0.15) is 0 Å². The number of aromatic nitrogens is 1. The fourth-order valence-electron chi connectivity index (χ4n) is 3.11. The van der Waals surface area contributed by atoms with Crippen molar-refractivity contribution in [3.8, 4) is 16.9 Å². The second-order valence-corrected chi connectivity index (χ2v) is 9.64. The van der Waals surface area contributed by atoms with Crippen LogP contribution < -0.4 is 4.74 Å².